The number of benzene rings is 2. The van der Waals surface area contributed by atoms with Gasteiger partial charge in [0.15, 0.2) is 0 Å². The van der Waals surface area contributed by atoms with Gasteiger partial charge in [0, 0.05) is 50.4 Å². The quantitative estimate of drug-likeness (QED) is 0.615. The molecule has 0 radical (unpaired) electrons. The van der Waals surface area contributed by atoms with Gasteiger partial charge in [-0.3, -0.25) is 4.90 Å². The van der Waals surface area contributed by atoms with Crippen LogP contribution in [0.4, 0.5) is 0 Å². The fourth-order valence-electron chi connectivity index (χ4n) is 5.78. The van der Waals surface area contributed by atoms with Gasteiger partial charge in [0.05, 0.1) is 17.2 Å². The number of β-amino-alcohol motifs (C(OH)–C–C–N with tert-alkyl or cyclic N) is 1. The van der Waals surface area contributed by atoms with Crippen molar-refractivity contribution in [2.45, 2.75) is 51.4 Å². The second kappa shape index (κ2) is 9.04. The Balaban J connectivity index is 1.04. The molecule has 1 atom stereocenters. The van der Waals surface area contributed by atoms with Gasteiger partial charge in [-0.2, -0.15) is 0 Å². The first-order chi connectivity index (χ1) is 17.0. The van der Waals surface area contributed by atoms with Crippen LogP contribution in [0.1, 0.15) is 79.0 Å². The van der Waals surface area contributed by atoms with Crippen LogP contribution in [0.3, 0.4) is 0 Å². The number of hydrogen-bond donors (Lipinski definition) is 1. The zero-order valence-corrected chi connectivity index (χ0v) is 20.2. The molecule has 1 aliphatic carbocycles. The van der Waals surface area contributed by atoms with E-state index < -0.39 is 6.10 Å². The highest BCUT2D eigenvalue weighted by Gasteiger charge is 2.31. The van der Waals surface area contributed by atoms with Crippen molar-refractivity contribution in [3.63, 3.8) is 0 Å². The van der Waals surface area contributed by atoms with Gasteiger partial charge in [0.25, 0.3) is 0 Å². The molecule has 184 valence electrons. The summed E-state index contributed by atoms with van der Waals surface area (Å²) in [6.07, 6.45) is 2.84. The largest absolute Gasteiger partial charge is 0.457 e. The number of nitrogens with zero attached hydrogens (tertiary/aromatic N) is 2. The van der Waals surface area contributed by atoms with E-state index in [1.165, 1.54) is 24.0 Å². The Hall–Kier alpha value is -2.74. The molecule has 0 aromatic heterocycles. The molecule has 0 bridgehead atoms. The second-order valence-electron chi connectivity index (χ2n) is 10.3. The SMILES string of the molecule is Cc1c([C@@H](O)CN2CCN(CCc3cc4c(cc3C3CC3)C(=O)OC4)CC2)ccc2c1COC2=O. The molecule has 2 fully saturated rings. The number of aliphatic hydroxyl groups excluding tert-OH is 1. The molecule has 0 spiro atoms. The van der Waals surface area contributed by atoms with E-state index in [2.05, 4.69) is 21.9 Å². The first kappa shape index (κ1) is 22.7. The molecular weight excluding hydrogens is 444 g/mol. The van der Waals surface area contributed by atoms with E-state index in [1.54, 1.807) is 6.07 Å². The number of piperazine rings is 1. The smallest absolute Gasteiger partial charge is 0.338 e. The van der Waals surface area contributed by atoms with Gasteiger partial charge in [-0.25, -0.2) is 9.59 Å². The van der Waals surface area contributed by atoms with Gasteiger partial charge >= 0.3 is 11.9 Å². The number of fused-ring (bicyclic) bond motifs is 2. The van der Waals surface area contributed by atoms with Crippen LogP contribution in [-0.4, -0.2) is 66.1 Å². The summed E-state index contributed by atoms with van der Waals surface area (Å²) < 4.78 is 10.4. The summed E-state index contributed by atoms with van der Waals surface area (Å²) in [5.41, 5.74) is 7.90. The van der Waals surface area contributed by atoms with Crippen LogP contribution in [-0.2, 0) is 29.1 Å². The maximum atomic E-state index is 12.0. The van der Waals surface area contributed by atoms with Crippen molar-refractivity contribution in [2.75, 3.05) is 39.3 Å². The van der Waals surface area contributed by atoms with E-state index >= 15 is 0 Å². The van der Waals surface area contributed by atoms with E-state index in [9.17, 15) is 14.7 Å². The van der Waals surface area contributed by atoms with E-state index in [-0.39, 0.29) is 11.9 Å². The molecule has 1 N–H and O–H groups in total. The molecule has 3 aliphatic heterocycles. The number of ether oxygens (including phenoxy) is 2. The predicted molar refractivity (Wildman–Crippen MR) is 129 cm³/mol. The number of esters is 2. The highest BCUT2D eigenvalue weighted by Crippen LogP contribution is 2.43. The third-order valence-corrected chi connectivity index (χ3v) is 8.12. The molecule has 6 rings (SSSR count). The molecule has 7 heteroatoms. The number of cyclic esters (lactones) is 2. The summed E-state index contributed by atoms with van der Waals surface area (Å²) in [5.74, 6) is 0.157. The molecule has 0 amide bonds. The Labute approximate surface area is 205 Å². The van der Waals surface area contributed by atoms with E-state index in [4.69, 9.17) is 9.47 Å². The summed E-state index contributed by atoms with van der Waals surface area (Å²) in [7, 11) is 0. The summed E-state index contributed by atoms with van der Waals surface area (Å²) in [5, 5.41) is 10.9. The third kappa shape index (κ3) is 4.37. The monoisotopic (exact) mass is 476 g/mol. The summed E-state index contributed by atoms with van der Waals surface area (Å²) in [6, 6.07) is 7.96. The molecule has 1 saturated carbocycles. The number of rotatable bonds is 7. The topological polar surface area (TPSA) is 79.3 Å². The second-order valence-corrected chi connectivity index (χ2v) is 10.3. The highest BCUT2D eigenvalue weighted by atomic mass is 16.5. The predicted octanol–water partition coefficient (Wildman–Crippen LogP) is 3.11. The minimum absolute atomic E-state index is 0.177. The molecule has 4 aliphatic rings. The number of aliphatic hydroxyl groups is 1. The van der Waals surface area contributed by atoms with Crippen molar-refractivity contribution in [3.8, 4) is 0 Å². The Morgan fingerprint density at radius 3 is 2.46 bits per heavy atom. The molecule has 2 aromatic carbocycles. The average molecular weight is 477 g/mol. The van der Waals surface area contributed by atoms with Gasteiger partial charge in [-0.05, 0) is 66.5 Å². The van der Waals surface area contributed by atoms with Crippen LogP contribution >= 0.6 is 0 Å². The van der Waals surface area contributed by atoms with E-state index in [0.717, 1.165) is 67.0 Å². The van der Waals surface area contributed by atoms with Gasteiger partial charge in [-0.15, -0.1) is 0 Å². The van der Waals surface area contributed by atoms with Crippen molar-refractivity contribution in [2.24, 2.45) is 0 Å². The standard InChI is InChI=1S/C28H32N2O5/c1-17-21(4-5-22-25(17)16-35-27(22)32)26(31)14-30-10-8-29(9-11-30)7-6-19-12-20-15-34-28(33)24(20)13-23(19)18-2-3-18/h4-5,12-13,18,26,31H,2-3,6-11,14-16H2,1H3/t26-/m0/s1. The van der Waals surface area contributed by atoms with E-state index in [1.807, 2.05) is 13.0 Å². The van der Waals surface area contributed by atoms with Gasteiger partial charge in [-0.1, -0.05) is 12.1 Å². The lowest BCUT2D eigenvalue weighted by molar-refractivity contribution is 0.0526. The van der Waals surface area contributed by atoms with Gasteiger partial charge < -0.3 is 19.5 Å². The lowest BCUT2D eigenvalue weighted by Gasteiger charge is -2.36. The normalized spacial score (nSPS) is 21.0. The molecule has 35 heavy (non-hydrogen) atoms. The summed E-state index contributed by atoms with van der Waals surface area (Å²) >= 11 is 0. The third-order valence-electron chi connectivity index (χ3n) is 8.12. The van der Waals surface area contributed by atoms with Crippen LogP contribution < -0.4 is 0 Å². The molecule has 7 nitrogen and oxygen atoms in total. The van der Waals surface area contributed by atoms with Crippen molar-refractivity contribution in [1.29, 1.82) is 0 Å². The van der Waals surface area contributed by atoms with Crippen LogP contribution in [0.2, 0.25) is 0 Å². The lowest BCUT2D eigenvalue weighted by atomic mass is 9.94. The van der Waals surface area contributed by atoms with Crippen LogP contribution in [0, 0.1) is 6.92 Å². The Morgan fingerprint density at radius 1 is 0.971 bits per heavy atom. The number of carbonyl (C=O) groups is 2. The zero-order chi connectivity index (χ0) is 24.1. The maximum Gasteiger partial charge on any atom is 0.338 e. The first-order valence-electron chi connectivity index (χ1n) is 12.7. The maximum absolute atomic E-state index is 12.0. The minimum atomic E-state index is -0.583. The molecule has 1 saturated heterocycles. The van der Waals surface area contributed by atoms with Crippen molar-refractivity contribution in [3.05, 3.63) is 68.8 Å². The van der Waals surface area contributed by atoms with Gasteiger partial charge in [0.1, 0.15) is 13.2 Å². The molecule has 2 aromatic rings. The molecule has 3 heterocycles. The lowest BCUT2D eigenvalue weighted by Crippen LogP contribution is -2.48. The zero-order valence-electron chi connectivity index (χ0n) is 20.2. The number of hydrogen-bond acceptors (Lipinski definition) is 7. The molecule has 0 unspecified atom stereocenters. The minimum Gasteiger partial charge on any atom is -0.457 e. The fraction of sp³-hybridized carbons (Fsp3) is 0.500. The van der Waals surface area contributed by atoms with Crippen molar-refractivity contribution < 1.29 is 24.2 Å². The van der Waals surface area contributed by atoms with Gasteiger partial charge in [0.2, 0.25) is 0 Å². The Bertz CT molecular complexity index is 1180. The fourth-order valence-corrected chi connectivity index (χ4v) is 5.78. The highest BCUT2D eigenvalue weighted by molar-refractivity contribution is 5.94. The van der Waals surface area contributed by atoms with Crippen LogP contribution in [0.5, 0.6) is 0 Å². The first-order valence-corrected chi connectivity index (χ1v) is 12.7. The van der Waals surface area contributed by atoms with E-state index in [0.29, 0.717) is 31.2 Å². The summed E-state index contributed by atoms with van der Waals surface area (Å²) in [4.78, 5) is 28.6. The molecular formula is C28H32N2O5. The van der Waals surface area contributed by atoms with Crippen molar-refractivity contribution >= 4 is 11.9 Å². The Morgan fingerprint density at radius 2 is 1.69 bits per heavy atom. The van der Waals surface area contributed by atoms with Crippen LogP contribution in [0.25, 0.3) is 0 Å². The summed E-state index contributed by atoms with van der Waals surface area (Å²) in [6.45, 7) is 8.06. The van der Waals surface area contributed by atoms with Crippen LogP contribution in [0.15, 0.2) is 24.3 Å². The van der Waals surface area contributed by atoms with Crippen molar-refractivity contribution in [1.82, 2.24) is 9.80 Å². The Kier molecular flexibility index (Phi) is 5.87. The average Bonchev–Trinajstić information content (AvgIpc) is 3.55. The number of carbonyl (C=O) groups excluding carboxylic acids is 2.